The summed E-state index contributed by atoms with van der Waals surface area (Å²) in [7, 11) is 0. The molecule has 2 amide bonds. The number of anilines is 1. The molecule has 2 aromatic rings. The third-order valence-corrected chi connectivity index (χ3v) is 3.43. The lowest BCUT2D eigenvalue weighted by Crippen LogP contribution is -2.41. The van der Waals surface area contributed by atoms with Crippen LogP contribution in [-0.4, -0.2) is 33.6 Å². The number of nitrogens with zero attached hydrogens (tertiary/aromatic N) is 2. The zero-order valence-electron chi connectivity index (χ0n) is 13.8. The van der Waals surface area contributed by atoms with Crippen molar-refractivity contribution in [2.75, 3.05) is 11.9 Å². The van der Waals surface area contributed by atoms with Crippen molar-refractivity contribution in [2.45, 2.75) is 33.2 Å². The van der Waals surface area contributed by atoms with Crippen LogP contribution in [0.2, 0.25) is 0 Å². The molecule has 0 saturated carbocycles. The SMILES string of the molecule is Cc1ccn(-c2ccccc2NC(=O)NC(CO)CC(C)C)n1. The van der Waals surface area contributed by atoms with Crippen LogP contribution in [0.15, 0.2) is 36.5 Å². The average Bonchev–Trinajstić information content (AvgIpc) is 2.93. The Bertz CT molecular complexity index is 652. The zero-order valence-corrected chi connectivity index (χ0v) is 13.8. The number of hydrogen-bond acceptors (Lipinski definition) is 3. The number of hydrogen-bond donors (Lipinski definition) is 3. The number of urea groups is 1. The van der Waals surface area contributed by atoms with Gasteiger partial charge in [0.25, 0.3) is 0 Å². The summed E-state index contributed by atoms with van der Waals surface area (Å²) < 4.78 is 1.72. The molecule has 0 bridgehead atoms. The van der Waals surface area contributed by atoms with E-state index in [0.29, 0.717) is 11.6 Å². The molecule has 124 valence electrons. The highest BCUT2D eigenvalue weighted by Crippen LogP contribution is 2.19. The van der Waals surface area contributed by atoms with Crippen molar-refractivity contribution >= 4 is 11.7 Å². The quantitative estimate of drug-likeness (QED) is 0.766. The molecular formula is C17H24N4O2. The number of nitrogens with one attached hydrogen (secondary N) is 2. The van der Waals surface area contributed by atoms with Crippen molar-refractivity contribution in [3.63, 3.8) is 0 Å². The van der Waals surface area contributed by atoms with Crippen LogP contribution >= 0.6 is 0 Å². The second-order valence-corrected chi connectivity index (χ2v) is 6.03. The average molecular weight is 316 g/mol. The molecule has 23 heavy (non-hydrogen) atoms. The first kappa shape index (κ1) is 17.0. The number of aliphatic hydroxyl groups is 1. The summed E-state index contributed by atoms with van der Waals surface area (Å²) in [5, 5.41) is 19.4. The molecule has 3 N–H and O–H groups in total. The lowest BCUT2D eigenvalue weighted by atomic mass is 10.0. The Hall–Kier alpha value is -2.34. The van der Waals surface area contributed by atoms with Crippen molar-refractivity contribution in [3.05, 3.63) is 42.2 Å². The first-order valence-electron chi connectivity index (χ1n) is 7.79. The Morgan fingerprint density at radius 2 is 2.04 bits per heavy atom. The van der Waals surface area contributed by atoms with Gasteiger partial charge in [0.1, 0.15) is 0 Å². The van der Waals surface area contributed by atoms with Gasteiger partial charge in [-0.3, -0.25) is 0 Å². The van der Waals surface area contributed by atoms with E-state index in [1.54, 1.807) is 4.68 Å². The molecule has 1 heterocycles. The zero-order chi connectivity index (χ0) is 16.8. The minimum Gasteiger partial charge on any atom is -0.394 e. The maximum Gasteiger partial charge on any atom is 0.319 e. The Balaban J connectivity index is 2.09. The summed E-state index contributed by atoms with van der Waals surface area (Å²) in [6, 6.07) is 8.77. The maximum absolute atomic E-state index is 12.2. The van der Waals surface area contributed by atoms with Gasteiger partial charge in [0.2, 0.25) is 0 Å². The van der Waals surface area contributed by atoms with E-state index in [0.717, 1.165) is 17.8 Å². The third-order valence-electron chi connectivity index (χ3n) is 3.43. The summed E-state index contributed by atoms with van der Waals surface area (Å²) >= 11 is 0. The molecule has 1 aromatic carbocycles. The number of amides is 2. The molecule has 6 nitrogen and oxygen atoms in total. The van der Waals surface area contributed by atoms with Crippen molar-refractivity contribution in [1.29, 1.82) is 0 Å². The number of rotatable bonds is 6. The summed E-state index contributed by atoms with van der Waals surface area (Å²) in [6.07, 6.45) is 2.58. The molecule has 0 saturated heterocycles. The molecule has 6 heteroatoms. The van der Waals surface area contributed by atoms with Crippen LogP contribution in [0.5, 0.6) is 0 Å². The van der Waals surface area contributed by atoms with Gasteiger partial charge >= 0.3 is 6.03 Å². The highest BCUT2D eigenvalue weighted by Gasteiger charge is 2.14. The standard InChI is InChI=1S/C17H24N4O2/c1-12(2)10-14(11-22)18-17(23)19-15-6-4-5-7-16(15)21-9-8-13(3)20-21/h4-9,12,14,22H,10-11H2,1-3H3,(H2,18,19,23). The van der Waals surface area contributed by atoms with E-state index in [2.05, 4.69) is 29.6 Å². The Kier molecular flexibility index (Phi) is 5.76. The minimum atomic E-state index is -0.332. The van der Waals surface area contributed by atoms with Crippen LogP contribution in [0.25, 0.3) is 5.69 Å². The minimum absolute atomic E-state index is 0.0778. The highest BCUT2D eigenvalue weighted by atomic mass is 16.3. The number of aromatic nitrogens is 2. The molecule has 1 aromatic heterocycles. The number of aryl methyl sites for hydroxylation is 1. The fourth-order valence-corrected chi connectivity index (χ4v) is 2.42. The largest absolute Gasteiger partial charge is 0.394 e. The number of para-hydroxylation sites is 2. The van der Waals surface area contributed by atoms with Crippen LogP contribution in [0.1, 0.15) is 26.0 Å². The monoisotopic (exact) mass is 316 g/mol. The predicted molar refractivity (Wildman–Crippen MR) is 90.8 cm³/mol. The van der Waals surface area contributed by atoms with E-state index in [9.17, 15) is 9.90 Å². The third kappa shape index (κ3) is 4.82. The summed E-state index contributed by atoms with van der Waals surface area (Å²) in [6.45, 7) is 5.94. The first-order valence-corrected chi connectivity index (χ1v) is 7.79. The van der Waals surface area contributed by atoms with Gasteiger partial charge < -0.3 is 15.7 Å². The number of carbonyl (C=O) groups is 1. The van der Waals surface area contributed by atoms with Gasteiger partial charge in [-0.15, -0.1) is 0 Å². The van der Waals surface area contributed by atoms with Gasteiger partial charge in [-0.25, -0.2) is 9.48 Å². The van der Waals surface area contributed by atoms with Crippen molar-refractivity contribution < 1.29 is 9.90 Å². The van der Waals surface area contributed by atoms with E-state index >= 15 is 0 Å². The first-order chi connectivity index (χ1) is 11.0. The van der Waals surface area contributed by atoms with Gasteiger partial charge in [0, 0.05) is 6.20 Å². The van der Waals surface area contributed by atoms with Gasteiger partial charge in [-0.2, -0.15) is 5.10 Å². The second-order valence-electron chi connectivity index (χ2n) is 6.03. The van der Waals surface area contributed by atoms with Crippen LogP contribution in [-0.2, 0) is 0 Å². The van der Waals surface area contributed by atoms with Crippen LogP contribution in [0.3, 0.4) is 0 Å². The van der Waals surface area contributed by atoms with Crippen LogP contribution in [0.4, 0.5) is 10.5 Å². The molecule has 0 aliphatic rings. The molecule has 0 fully saturated rings. The fourth-order valence-electron chi connectivity index (χ4n) is 2.42. The van der Waals surface area contributed by atoms with Crippen LogP contribution in [0, 0.1) is 12.8 Å². The predicted octanol–water partition coefficient (Wildman–Crippen LogP) is 2.71. The number of benzene rings is 1. The smallest absolute Gasteiger partial charge is 0.319 e. The normalized spacial score (nSPS) is 12.2. The summed E-state index contributed by atoms with van der Waals surface area (Å²) in [5.41, 5.74) is 2.36. The van der Waals surface area contributed by atoms with E-state index in [-0.39, 0.29) is 18.7 Å². The fraction of sp³-hybridized carbons (Fsp3) is 0.412. The molecule has 0 radical (unpaired) electrons. The van der Waals surface area contributed by atoms with Gasteiger partial charge in [-0.05, 0) is 37.5 Å². The molecule has 1 unspecified atom stereocenters. The Morgan fingerprint density at radius 1 is 1.30 bits per heavy atom. The summed E-state index contributed by atoms with van der Waals surface area (Å²) in [5.74, 6) is 0.395. The van der Waals surface area contributed by atoms with Crippen molar-refractivity contribution in [1.82, 2.24) is 15.1 Å². The maximum atomic E-state index is 12.2. The molecule has 2 rings (SSSR count). The summed E-state index contributed by atoms with van der Waals surface area (Å²) in [4.78, 5) is 12.2. The van der Waals surface area contributed by atoms with Gasteiger partial charge in [-0.1, -0.05) is 26.0 Å². The lowest BCUT2D eigenvalue weighted by molar-refractivity contribution is 0.214. The Labute approximate surface area is 136 Å². The molecule has 1 atom stereocenters. The van der Waals surface area contributed by atoms with E-state index in [1.165, 1.54) is 0 Å². The van der Waals surface area contributed by atoms with Gasteiger partial charge in [0.05, 0.1) is 29.7 Å². The van der Waals surface area contributed by atoms with Gasteiger partial charge in [0.15, 0.2) is 0 Å². The van der Waals surface area contributed by atoms with E-state index in [4.69, 9.17) is 0 Å². The number of aliphatic hydroxyl groups excluding tert-OH is 1. The highest BCUT2D eigenvalue weighted by molar-refractivity contribution is 5.91. The number of carbonyl (C=O) groups excluding carboxylic acids is 1. The lowest BCUT2D eigenvalue weighted by Gasteiger charge is -2.19. The van der Waals surface area contributed by atoms with E-state index < -0.39 is 0 Å². The molecule has 0 aliphatic heterocycles. The van der Waals surface area contributed by atoms with Crippen LogP contribution < -0.4 is 10.6 Å². The molecule has 0 aliphatic carbocycles. The second kappa shape index (κ2) is 7.78. The molecule has 0 spiro atoms. The topological polar surface area (TPSA) is 79.2 Å². The van der Waals surface area contributed by atoms with E-state index in [1.807, 2.05) is 43.5 Å². The Morgan fingerprint density at radius 3 is 2.65 bits per heavy atom. The van der Waals surface area contributed by atoms with Crippen molar-refractivity contribution in [3.8, 4) is 5.69 Å². The van der Waals surface area contributed by atoms with Crippen molar-refractivity contribution in [2.24, 2.45) is 5.92 Å². The molecular weight excluding hydrogens is 292 g/mol.